The van der Waals surface area contributed by atoms with Gasteiger partial charge in [0.1, 0.15) is 24.2 Å². The summed E-state index contributed by atoms with van der Waals surface area (Å²) in [5.41, 5.74) is 0.868. The van der Waals surface area contributed by atoms with Crippen LogP contribution in [-0.2, 0) is 26.2 Å². The van der Waals surface area contributed by atoms with Crippen LogP contribution in [0.15, 0.2) is 48.5 Å². The molecule has 10 heteroatoms. The number of rotatable bonds is 12. The van der Waals surface area contributed by atoms with Crippen molar-refractivity contribution in [1.29, 1.82) is 0 Å². The molecule has 37 heavy (non-hydrogen) atoms. The van der Waals surface area contributed by atoms with Gasteiger partial charge in [0.05, 0.1) is 18.6 Å². The van der Waals surface area contributed by atoms with Crippen LogP contribution in [0, 0.1) is 5.82 Å². The average molecular weight is 534 g/mol. The first kappa shape index (κ1) is 28.4. The van der Waals surface area contributed by atoms with Crippen molar-refractivity contribution in [3.63, 3.8) is 0 Å². The predicted octanol–water partition coefficient (Wildman–Crippen LogP) is 3.86. The van der Waals surface area contributed by atoms with Crippen LogP contribution in [0.1, 0.15) is 51.5 Å². The highest BCUT2D eigenvalue weighted by atomic mass is 32.2. The lowest BCUT2D eigenvalue weighted by Gasteiger charge is -2.33. The molecule has 0 bridgehead atoms. The predicted molar refractivity (Wildman–Crippen MR) is 141 cm³/mol. The van der Waals surface area contributed by atoms with Gasteiger partial charge in [-0.15, -0.1) is 0 Å². The van der Waals surface area contributed by atoms with Crippen molar-refractivity contribution >= 4 is 27.5 Å². The Bertz CT molecular complexity index is 1170. The van der Waals surface area contributed by atoms with E-state index in [-0.39, 0.29) is 24.2 Å². The van der Waals surface area contributed by atoms with Crippen LogP contribution in [0.2, 0.25) is 0 Å². The first-order chi connectivity index (χ1) is 17.6. The minimum Gasteiger partial charge on any atom is -0.492 e. The third-order valence-corrected chi connectivity index (χ3v) is 7.59. The van der Waals surface area contributed by atoms with E-state index in [2.05, 4.69) is 5.32 Å². The number of sulfonamides is 1. The fourth-order valence-electron chi connectivity index (χ4n) is 4.61. The highest BCUT2D eigenvalue weighted by Gasteiger charge is 2.33. The number of benzene rings is 2. The summed E-state index contributed by atoms with van der Waals surface area (Å²) in [4.78, 5) is 28.5. The number of ether oxygens (including phenoxy) is 1. The lowest BCUT2D eigenvalue weighted by atomic mass is 10.1. The maximum atomic E-state index is 13.8. The second-order valence-corrected chi connectivity index (χ2v) is 11.1. The van der Waals surface area contributed by atoms with Crippen molar-refractivity contribution < 1.29 is 27.1 Å². The molecule has 202 valence electrons. The first-order valence-corrected chi connectivity index (χ1v) is 14.5. The zero-order chi connectivity index (χ0) is 27.0. The Kier molecular flexibility index (Phi) is 9.91. The van der Waals surface area contributed by atoms with Gasteiger partial charge in [-0.25, -0.2) is 12.8 Å². The lowest BCUT2D eigenvalue weighted by molar-refractivity contribution is -0.140. The Morgan fingerprint density at radius 2 is 1.73 bits per heavy atom. The number of para-hydroxylation sites is 2. The number of hydrogen-bond acceptors (Lipinski definition) is 5. The number of hydrogen-bond donors (Lipinski definition) is 1. The number of nitrogens with zero attached hydrogens (tertiary/aromatic N) is 2. The number of halogens is 1. The zero-order valence-electron chi connectivity index (χ0n) is 21.7. The molecule has 3 rings (SSSR count). The van der Waals surface area contributed by atoms with Crippen LogP contribution < -0.4 is 14.4 Å². The summed E-state index contributed by atoms with van der Waals surface area (Å²) in [6.45, 7) is 3.42. The Hall–Kier alpha value is -3.14. The molecule has 1 unspecified atom stereocenters. The minimum atomic E-state index is -3.88. The van der Waals surface area contributed by atoms with Crippen molar-refractivity contribution in [1.82, 2.24) is 10.2 Å². The summed E-state index contributed by atoms with van der Waals surface area (Å²) >= 11 is 0. The van der Waals surface area contributed by atoms with Crippen molar-refractivity contribution in [2.24, 2.45) is 0 Å². The van der Waals surface area contributed by atoms with E-state index in [0.717, 1.165) is 36.2 Å². The Balaban J connectivity index is 1.94. The van der Waals surface area contributed by atoms with Crippen LogP contribution >= 0.6 is 0 Å². The molecule has 1 saturated carbocycles. The first-order valence-electron chi connectivity index (χ1n) is 12.7. The molecular weight excluding hydrogens is 497 g/mol. The normalized spacial score (nSPS) is 14.7. The Labute approximate surface area is 218 Å². The molecule has 0 heterocycles. The molecule has 0 radical (unpaired) electrons. The third-order valence-electron chi connectivity index (χ3n) is 6.47. The van der Waals surface area contributed by atoms with Gasteiger partial charge in [-0.2, -0.15) is 0 Å². The lowest BCUT2D eigenvalue weighted by Crippen LogP contribution is -2.53. The second-order valence-electron chi connectivity index (χ2n) is 9.23. The highest BCUT2D eigenvalue weighted by molar-refractivity contribution is 7.92. The summed E-state index contributed by atoms with van der Waals surface area (Å²) in [5, 5.41) is 3.06. The maximum Gasteiger partial charge on any atom is 0.244 e. The fraction of sp³-hybridized carbons (Fsp3) is 0.481. The molecule has 1 N–H and O–H groups in total. The number of carbonyl (C=O) groups excluding carboxylic acids is 2. The van der Waals surface area contributed by atoms with Gasteiger partial charge in [0.15, 0.2) is 0 Å². The van der Waals surface area contributed by atoms with Gasteiger partial charge in [-0.1, -0.05) is 44.0 Å². The highest BCUT2D eigenvalue weighted by Crippen LogP contribution is 2.30. The van der Waals surface area contributed by atoms with E-state index < -0.39 is 34.3 Å². The van der Waals surface area contributed by atoms with Crippen LogP contribution in [0.25, 0.3) is 0 Å². The molecule has 0 aliphatic heterocycles. The van der Waals surface area contributed by atoms with Gasteiger partial charge < -0.3 is 15.0 Å². The number of nitrogens with one attached hydrogen (secondary N) is 1. The van der Waals surface area contributed by atoms with Crippen molar-refractivity contribution in [3.05, 3.63) is 59.9 Å². The monoisotopic (exact) mass is 533 g/mol. The quantitative estimate of drug-likeness (QED) is 0.447. The summed E-state index contributed by atoms with van der Waals surface area (Å²) < 4.78 is 45.8. The molecule has 0 aromatic heterocycles. The van der Waals surface area contributed by atoms with E-state index in [1.165, 1.54) is 17.0 Å². The van der Waals surface area contributed by atoms with Crippen molar-refractivity contribution in [3.8, 4) is 5.75 Å². The molecule has 1 fully saturated rings. The summed E-state index contributed by atoms with van der Waals surface area (Å²) in [6, 6.07) is 11.5. The number of amides is 2. The van der Waals surface area contributed by atoms with E-state index in [1.54, 1.807) is 43.3 Å². The van der Waals surface area contributed by atoms with Gasteiger partial charge in [0.2, 0.25) is 21.8 Å². The van der Waals surface area contributed by atoms with E-state index in [1.807, 2.05) is 6.92 Å². The van der Waals surface area contributed by atoms with Crippen LogP contribution in [0.4, 0.5) is 10.1 Å². The van der Waals surface area contributed by atoms with E-state index in [4.69, 9.17) is 4.74 Å². The molecule has 2 aromatic rings. The molecule has 0 spiro atoms. The van der Waals surface area contributed by atoms with E-state index in [0.29, 0.717) is 24.3 Å². The molecular formula is C27H36FN3O5S. The van der Waals surface area contributed by atoms with E-state index in [9.17, 15) is 22.4 Å². The summed E-state index contributed by atoms with van der Waals surface area (Å²) in [7, 11) is -3.88. The summed E-state index contributed by atoms with van der Waals surface area (Å²) in [5.74, 6) is -0.900. The van der Waals surface area contributed by atoms with E-state index >= 15 is 0 Å². The number of anilines is 1. The standard InChI is InChI=1S/C27H36FN3O5S/c1-4-23(27(33)29-22-10-6-7-11-22)30(18-20-14-16-21(28)17-15-20)26(32)19-31(37(3,34)35)24-12-8-9-13-25(24)36-5-2/h8-9,12-17,22-23H,4-7,10-11,18-19H2,1-3H3,(H,29,33). The van der Waals surface area contributed by atoms with Crippen LogP contribution in [-0.4, -0.2) is 56.6 Å². The molecule has 1 aliphatic carbocycles. The van der Waals surface area contributed by atoms with Crippen molar-refractivity contribution in [2.75, 3.05) is 23.7 Å². The van der Waals surface area contributed by atoms with Crippen molar-refractivity contribution in [2.45, 2.75) is 64.6 Å². The Morgan fingerprint density at radius 1 is 1.08 bits per heavy atom. The molecule has 2 amide bonds. The van der Waals surface area contributed by atoms with Gasteiger partial charge in [0.25, 0.3) is 0 Å². The molecule has 2 aromatic carbocycles. The third kappa shape index (κ3) is 7.67. The van der Waals surface area contributed by atoms with Gasteiger partial charge in [0, 0.05) is 12.6 Å². The average Bonchev–Trinajstić information content (AvgIpc) is 3.36. The minimum absolute atomic E-state index is 0.0282. The molecule has 8 nitrogen and oxygen atoms in total. The fourth-order valence-corrected chi connectivity index (χ4v) is 5.46. The summed E-state index contributed by atoms with van der Waals surface area (Å²) in [6.07, 6.45) is 5.23. The maximum absolute atomic E-state index is 13.8. The zero-order valence-corrected chi connectivity index (χ0v) is 22.5. The molecule has 1 atom stereocenters. The largest absolute Gasteiger partial charge is 0.492 e. The number of carbonyl (C=O) groups is 2. The van der Waals surface area contributed by atoms with Gasteiger partial charge in [-0.05, 0) is 56.0 Å². The smallest absolute Gasteiger partial charge is 0.244 e. The van der Waals surface area contributed by atoms with Crippen LogP contribution in [0.3, 0.4) is 0 Å². The Morgan fingerprint density at radius 3 is 2.32 bits per heavy atom. The van der Waals surface area contributed by atoms with Crippen LogP contribution in [0.5, 0.6) is 5.75 Å². The molecule has 1 aliphatic rings. The van der Waals surface area contributed by atoms with Gasteiger partial charge >= 0.3 is 0 Å². The SMILES string of the molecule is CCOc1ccccc1N(CC(=O)N(Cc1ccc(F)cc1)C(CC)C(=O)NC1CCCC1)S(C)(=O)=O. The second kappa shape index (κ2) is 12.9. The van der Waals surface area contributed by atoms with Gasteiger partial charge in [-0.3, -0.25) is 13.9 Å². The molecule has 0 saturated heterocycles. The topological polar surface area (TPSA) is 96.0 Å².